The molecule has 7 aliphatic heterocycles. The van der Waals surface area contributed by atoms with Gasteiger partial charge in [0.1, 0.15) is 28.1 Å². The minimum absolute atomic E-state index is 0.0109. The first kappa shape index (κ1) is 97.8. The average Bonchev–Trinajstić information content (AvgIpc) is 1.57. The summed E-state index contributed by atoms with van der Waals surface area (Å²) in [5.41, 5.74) is 16.3. The molecule has 31 nitrogen and oxygen atoms in total. The van der Waals surface area contributed by atoms with Crippen molar-refractivity contribution in [2.45, 2.75) is 215 Å². The highest BCUT2D eigenvalue weighted by atomic mass is 32.2. The summed E-state index contributed by atoms with van der Waals surface area (Å²) in [4.78, 5) is 67.2. The quantitative estimate of drug-likeness (QED) is 0.0216. The predicted octanol–water partition coefficient (Wildman–Crippen LogP) is 15.0. The molecule has 4 bridgehead atoms. The number of morpholine rings is 3. The number of halogens is 4. The molecule has 136 heavy (non-hydrogen) atoms. The maximum atomic E-state index is 14.5. The average molecular weight is 1920 g/mol. The Kier molecular flexibility index (Phi) is 29.9. The molecule has 5 saturated heterocycles. The summed E-state index contributed by atoms with van der Waals surface area (Å²) in [6, 6.07) is 32.7. The summed E-state index contributed by atoms with van der Waals surface area (Å²) < 4.78 is 132. The minimum atomic E-state index is -6.00. The molecule has 38 heteroatoms. The number of sulfonamides is 2. The fourth-order valence-electron chi connectivity index (χ4n) is 20.1. The molecular formula is C98H123BF4N16O15S2. The summed E-state index contributed by atoms with van der Waals surface area (Å²) in [7, 11) is -0.601. The van der Waals surface area contributed by atoms with E-state index in [2.05, 4.69) is 86.3 Å². The summed E-state index contributed by atoms with van der Waals surface area (Å²) in [6.07, 6.45) is 27.5. The Hall–Kier alpha value is -11.3. The highest BCUT2D eigenvalue weighted by Crippen LogP contribution is 2.52. The smallest absolute Gasteiger partial charge is 0.497 e. The van der Waals surface area contributed by atoms with Gasteiger partial charge in [-0.05, 0) is 247 Å². The van der Waals surface area contributed by atoms with Crippen LogP contribution in [0.3, 0.4) is 0 Å². The number of allylic oxidation sites excluding steroid dienone is 2. The molecule has 5 aromatic carbocycles. The van der Waals surface area contributed by atoms with Crippen molar-refractivity contribution in [2.75, 3.05) is 102 Å². The largest absolute Gasteiger partial charge is 0.673 e. The Morgan fingerprint density at radius 3 is 1.48 bits per heavy atom. The maximum absolute atomic E-state index is 14.5. The third-order valence-electron chi connectivity index (χ3n) is 27.7. The van der Waals surface area contributed by atoms with E-state index in [-0.39, 0.29) is 46.8 Å². The van der Waals surface area contributed by atoms with Gasteiger partial charge in [-0.3, -0.25) is 28.6 Å². The second-order valence-corrected chi connectivity index (χ2v) is 42.4. The Morgan fingerprint density at radius 2 is 1.09 bits per heavy atom. The number of amides is 3. The van der Waals surface area contributed by atoms with Gasteiger partial charge in [-0.1, -0.05) is 67.6 Å². The molecule has 10 aromatic rings. The number of para-hydroxylation sites is 1. The van der Waals surface area contributed by atoms with Gasteiger partial charge in [-0.25, -0.2) is 40.5 Å². The molecule has 12 heterocycles. The number of methoxy groups -OCH3 is 2. The summed E-state index contributed by atoms with van der Waals surface area (Å²) >= 11 is 0. The molecule has 4 N–H and O–H groups in total. The number of nitrogens with zero attached hydrogens (tertiary/aromatic N) is 13. The van der Waals surface area contributed by atoms with Crippen molar-refractivity contribution in [3.05, 3.63) is 165 Å². The number of carbonyl (C=O) groups excluding carboxylic acids is 3. The van der Waals surface area contributed by atoms with E-state index in [4.69, 9.17) is 33.6 Å². The van der Waals surface area contributed by atoms with E-state index in [1.54, 1.807) is 52.5 Å². The number of aromatic nitrogens is 9. The lowest BCUT2D eigenvalue weighted by molar-refractivity contribution is -0.480. The molecule has 4 aliphatic carbocycles. The molecule has 728 valence electrons. The normalized spacial score (nSPS) is 19.8. The van der Waals surface area contributed by atoms with Crippen molar-refractivity contribution in [3.63, 3.8) is 0 Å². The van der Waals surface area contributed by atoms with Crippen LogP contribution in [0, 0.1) is 0 Å². The van der Waals surface area contributed by atoms with Gasteiger partial charge in [0.25, 0.3) is 17.7 Å². The van der Waals surface area contributed by atoms with Crippen molar-refractivity contribution in [3.8, 4) is 34.0 Å². The topological polar surface area (TPSA) is 337 Å². The number of hydrogen-bond donors (Lipinski definition) is 4. The monoisotopic (exact) mass is 1910 g/mol. The van der Waals surface area contributed by atoms with E-state index >= 15 is 0 Å². The summed E-state index contributed by atoms with van der Waals surface area (Å²) in [6.45, 7) is 14.1. The van der Waals surface area contributed by atoms with Gasteiger partial charge in [0.2, 0.25) is 20.0 Å². The first-order valence-electron chi connectivity index (χ1n) is 47.3. The van der Waals surface area contributed by atoms with E-state index in [0.717, 1.165) is 225 Å². The van der Waals surface area contributed by atoms with Crippen molar-refractivity contribution in [2.24, 2.45) is 0 Å². The Balaban J connectivity index is 0.000000145. The van der Waals surface area contributed by atoms with Gasteiger partial charge < -0.3 is 70.3 Å². The van der Waals surface area contributed by atoms with E-state index < -0.39 is 55.6 Å². The van der Waals surface area contributed by atoms with Crippen LogP contribution in [0.4, 0.5) is 17.3 Å². The first-order chi connectivity index (χ1) is 65.1. The van der Waals surface area contributed by atoms with Crippen molar-refractivity contribution in [1.29, 1.82) is 0 Å². The molecule has 4 saturated carbocycles. The number of hydrogen-bond acceptors (Lipinski definition) is 20. The van der Waals surface area contributed by atoms with Crippen LogP contribution >= 0.6 is 0 Å². The highest BCUT2D eigenvalue weighted by Gasteiger charge is 2.45. The minimum Gasteiger partial charge on any atom is -0.497 e. The molecule has 0 radical (unpaired) electrons. The lowest BCUT2D eigenvalue weighted by atomic mass is 9.81. The van der Waals surface area contributed by atoms with E-state index in [1.165, 1.54) is 55.3 Å². The predicted molar refractivity (Wildman–Crippen MR) is 514 cm³/mol. The number of likely N-dealkylation sites (tertiary alicyclic amines) is 1. The number of likely N-dealkylation sites (N-methyl/N-ethyl adjacent to an activating group) is 1. The molecular weight excluding hydrogens is 1790 g/mol. The van der Waals surface area contributed by atoms with Crippen molar-refractivity contribution >= 4 is 113 Å². The van der Waals surface area contributed by atoms with E-state index in [9.17, 15) is 58.4 Å². The Labute approximate surface area is 790 Å². The zero-order chi connectivity index (χ0) is 96.3. The van der Waals surface area contributed by atoms with Crippen molar-refractivity contribution in [1.82, 2.24) is 73.3 Å². The maximum Gasteiger partial charge on any atom is 0.673 e. The van der Waals surface area contributed by atoms with Gasteiger partial charge >= 0.3 is 19.2 Å². The molecule has 0 unspecified atom stereocenters. The lowest BCUT2D eigenvalue weighted by Crippen LogP contribution is -2.41. The number of aromatic carboxylic acids is 1. The van der Waals surface area contributed by atoms with Gasteiger partial charge in [0.15, 0.2) is 0 Å². The van der Waals surface area contributed by atoms with Crippen LogP contribution in [-0.4, -0.2) is 259 Å². The number of ether oxygens (including phenoxy) is 5. The summed E-state index contributed by atoms with van der Waals surface area (Å²) in [5.74, 6) is -0.313. The zero-order valence-corrected chi connectivity index (χ0v) is 80.6. The number of carboxylic acids is 1. The third-order valence-corrected chi connectivity index (χ3v) is 31.1. The molecule has 9 fully saturated rings. The second-order valence-electron chi connectivity index (χ2n) is 37.9. The number of carboxylic acid groups (broad SMARTS) is 1. The Morgan fingerprint density at radius 1 is 0.596 bits per heavy atom. The molecule has 0 spiro atoms. The van der Waals surface area contributed by atoms with Crippen LogP contribution in [0.5, 0.6) is 11.5 Å². The fraction of sp³-hybridized carbons (Fsp3) is 0.500. The SMILES string of the molecule is C1O[C@@H]2CN[C@H]1C2.CN(C)C(On1nnc2ccccc21)=[N+](C)C.CN1CCOCC1.COc1ccc2c(c1)C=C(c1c(C(=O)N3C[C@@H]4C[C@H]3CO4)cnn1C1CCC1)Cn1c-2c(C2CCCCC2)c2ccc(C(=O)NS(=O)(=O)C(C)C)cc21.COc1ccc2c(c1)C=C(c1c(C(=O)O)cnn1C1CCC1)Cn1c-2c(C2CCCCC2)c2ccc(C(=O)NS(=O)(=O)C(C)C)cc21.F[B-](F)(F)F. The standard InChI is InChI=1S/C41H47N5O6S.C36H40N4O6S.C11H16N5O.C5H9NO.C5H11NO.BF4/c1-24(2)53(49,50)43-40(47)26-12-14-34-36(18-26)45-21-28(16-27-17-31(51-3)13-15-33(27)39(45)37(34)25-8-5-4-6-9-25)38-35(20-42-46(38)29-10-7-11-29)41(48)44-22-32-19-30(44)23-52-32;1-21(2)47(44,45)38-35(41)23-12-14-29-31(18-23)39-20-25(33-30(36(42)43)19-37-40(33)26-10-7-11-26)16-24-17-27(46-3)13-15-28(24)34(39)32(29)22-8-5-4-6-9-22;1-14(2)11(15(3)4)17-16-10-8-6-5-7-9(10)12-13-16;1-4-3-7-5(1)2-6-4;1-6-2-4-7-5-3-6;2-1(3,4)5/h12-18,20,24-25,29-30,32H,4-11,19,21-23H2,1-3H3,(H,43,47);12-19,21-22,26H,4-11,20H2,1-3H3,(H,38,41)(H,42,43);5-8H,1-4H3;4-6H,1-3H2;2-5H2,1H3;/q;;+1;;;-1/t30-,32-;;;4-,5-;;/m0..0../s1. The van der Waals surface area contributed by atoms with Crippen molar-refractivity contribution < 1.29 is 91.5 Å². The van der Waals surface area contributed by atoms with Gasteiger partial charge in [-0.15, -0.1) is 5.10 Å². The number of amidine groups is 1. The number of rotatable bonds is 17. The van der Waals surface area contributed by atoms with E-state index in [1.807, 2.05) is 108 Å². The molecule has 3 amide bonds. The van der Waals surface area contributed by atoms with Gasteiger partial charge in [-0.2, -0.15) is 10.2 Å². The van der Waals surface area contributed by atoms with Crippen LogP contribution < -0.4 is 29.1 Å². The molecule has 21 rings (SSSR count). The van der Waals surface area contributed by atoms with Gasteiger partial charge in [0, 0.05) is 76.3 Å². The Bertz CT molecular complexity index is 6420. The number of nitrogens with one attached hydrogen (secondary N) is 3. The molecule has 5 aromatic heterocycles. The summed E-state index contributed by atoms with van der Waals surface area (Å²) in [5, 5.41) is 31.7. The van der Waals surface area contributed by atoms with Gasteiger partial charge in [0.05, 0.1) is 163 Å². The van der Waals surface area contributed by atoms with Crippen LogP contribution in [0.1, 0.15) is 242 Å². The van der Waals surface area contributed by atoms with E-state index in [0.29, 0.717) is 73.3 Å². The molecule has 11 aliphatic rings. The van der Waals surface area contributed by atoms with Crippen LogP contribution in [0.2, 0.25) is 0 Å². The lowest BCUT2D eigenvalue weighted by Gasteiger charge is -2.30. The first-order valence-corrected chi connectivity index (χ1v) is 50.4. The molecule has 4 atom stereocenters. The van der Waals surface area contributed by atoms with Crippen LogP contribution in [-0.2, 0) is 47.3 Å². The third kappa shape index (κ3) is 21.4. The van der Waals surface area contributed by atoms with Crippen LogP contribution in [0.25, 0.3) is 78.7 Å². The number of benzene rings is 5. The van der Waals surface area contributed by atoms with Crippen LogP contribution in [0.15, 0.2) is 109 Å². The number of fused-ring (bicyclic) bond motifs is 15. The highest BCUT2D eigenvalue weighted by molar-refractivity contribution is 7.90. The second kappa shape index (κ2) is 41.6. The zero-order valence-electron chi connectivity index (χ0n) is 79.0. The number of carbonyl (C=O) groups is 4. The fourth-order valence-corrected chi connectivity index (χ4v) is 21.3.